The summed E-state index contributed by atoms with van der Waals surface area (Å²) in [4.78, 5) is 16.0. The van der Waals surface area contributed by atoms with Crippen LogP contribution < -0.4 is 0 Å². The standard InChI is InChI=1S/C25H29NO3/c1-23-12-13-25(28-16-17-29-25)19-24(23,21-10-6-3-7-11-21)14-15-26(22(23)27)18-20-8-4-2-5-9-20/h2-11H,12-19H2,1H3/t23-,24-/m1/s1. The van der Waals surface area contributed by atoms with Crippen LogP contribution in [0.3, 0.4) is 0 Å². The number of nitrogens with zero attached hydrogens (tertiary/aromatic N) is 1. The molecule has 2 saturated heterocycles. The summed E-state index contributed by atoms with van der Waals surface area (Å²) in [5.41, 5.74) is 1.71. The topological polar surface area (TPSA) is 38.8 Å². The third kappa shape index (κ3) is 2.92. The lowest BCUT2D eigenvalue weighted by molar-refractivity contribution is -0.222. The molecule has 3 aliphatic rings. The Morgan fingerprint density at radius 3 is 2.24 bits per heavy atom. The van der Waals surface area contributed by atoms with Gasteiger partial charge in [-0.1, -0.05) is 60.7 Å². The van der Waals surface area contributed by atoms with E-state index in [4.69, 9.17) is 9.47 Å². The molecule has 2 atom stereocenters. The van der Waals surface area contributed by atoms with E-state index in [1.54, 1.807) is 0 Å². The smallest absolute Gasteiger partial charge is 0.229 e. The van der Waals surface area contributed by atoms with Gasteiger partial charge in [-0.15, -0.1) is 0 Å². The Hall–Kier alpha value is -2.17. The van der Waals surface area contributed by atoms with Gasteiger partial charge in [0.25, 0.3) is 0 Å². The molecule has 1 aliphatic carbocycles. The van der Waals surface area contributed by atoms with Crippen molar-refractivity contribution < 1.29 is 14.3 Å². The molecule has 2 aromatic carbocycles. The summed E-state index contributed by atoms with van der Waals surface area (Å²) < 4.78 is 12.3. The van der Waals surface area contributed by atoms with Crippen LogP contribution in [0.1, 0.15) is 43.7 Å². The van der Waals surface area contributed by atoms with Crippen molar-refractivity contribution in [2.75, 3.05) is 19.8 Å². The van der Waals surface area contributed by atoms with Crippen molar-refractivity contribution >= 4 is 5.91 Å². The first kappa shape index (κ1) is 18.8. The van der Waals surface area contributed by atoms with E-state index in [0.29, 0.717) is 19.8 Å². The maximum atomic E-state index is 13.9. The molecule has 0 aromatic heterocycles. The Kier molecular flexibility index (Phi) is 4.52. The highest BCUT2D eigenvalue weighted by molar-refractivity contribution is 5.86. The lowest BCUT2D eigenvalue weighted by atomic mass is 9.49. The quantitative estimate of drug-likeness (QED) is 0.783. The predicted molar refractivity (Wildman–Crippen MR) is 111 cm³/mol. The second-order valence-electron chi connectivity index (χ2n) is 9.03. The minimum absolute atomic E-state index is 0.263. The fraction of sp³-hybridized carbons (Fsp3) is 0.480. The largest absolute Gasteiger partial charge is 0.348 e. The van der Waals surface area contributed by atoms with Crippen LogP contribution in [-0.2, 0) is 26.2 Å². The molecule has 0 N–H and O–H groups in total. The Balaban J connectivity index is 1.53. The lowest BCUT2D eigenvalue weighted by Gasteiger charge is -2.59. The van der Waals surface area contributed by atoms with Crippen molar-refractivity contribution in [1.82, 2.24) is 4.90 Å². The third-order valence-electron chi connectivity index (χ3n) is 7.56. The molecule has 1 spiro atoms. The van der Waals surface area contributed by atoms with Crippen LogP contribution >= 0.6 is 0 Å². The average molecular weight is 392 g/mol. The lowest BCUT2D eigenvalue weighted by Crippen LogP contribution is -2.65. The van der Waals surface area contributed by atoms with Gasteiger partial charge >= 0.3 is 0 Å². The minimum atomic E-state index is -0.531. The first-order chi connectivity index (χ1) is 14.1. The first-order valence-electron chi connectivity index (χ1n) is 10.7. The highest BCUT2D eigenvalue weighted by Crippen LogP contribution is 2.61. The number of benzene rings is 2. The Morgan fingerprint density at radius 2 is 1.55 bits per heavy atom. The number of carbonyl (C=O) groups excluding carboxylic acids is 1. The van der Waals surface area contributed by atoms with Gasteiger partial charge in [-0.05, 0) is 30.9 Å². The number of likely N-dealkylation sites (tertiary alicyclic amines) is 1. The van der Waals surface area contributed by atoms with Crippen molar-refractivity contribution in [3.05, 3.63) is 71.8 Å². The molecular formula is C25H29NO3. The van der Waals surface area contributed by atoms with E-state index in [2.05, 4.69) is 48.2 Å². The summed E-state index contributed by atoms with van der Waals surface area (Å²) in [6, 6.07) is 20.9. The molecule has 2 aromatic rings. The number of hydrogen-bond donors (Lipinski definition) is 0. The summed E-state index contributed by atoms with van der Waals surface area (Å²) in [6.07, 6.45) is 3.25. The van der Waals surface area contributed by atoms with Crippen LogP contribution in [0.4, 0.5) is 0 Å². The molecule has 5 rings (SSSR count). The second-order valence-corrected chi connectivity index (χ2v) is 9.03. The molecule has 0 radical (unpaired) electrons. The minimum Gasteiger partial charge on any atom is -0.348 e. The normalized spacial score (nSPS) is 31.1. The molecule has 3 fully saturated rings. The van der Waals surface area contributed by atoms with Crippen molar-refractivity contribution in [1.29, 1.82) is 0 Å². The maximum absolute atomic E-state index is 13.9. The zero-order valence-electron chi connectivity index (χ0n) is 17.1. The monoisotopic (exact) mass is 391 g/mol. The van der Waals surface area contributed by atoms with Gasteiger partial charge in [0.05, 0.1) is 18.6 Å². The fourth-order valence-electron chi connectivity index (χ4n) is 5.90. The number of hydrogen-bond acceptors (Lipinski definition) is 3. The number of carbonyl (C=O) groups is 1. The zero-order valence-corrected chi connectivity index (χ0v) is 17.1. The molecule has 29 heavy (non-hydrogen) atoms. The molecule has 2 heterocycles. The zero-order chi connectivity index (χ0) is 20.0. The van der Waals surface area contributed by atoms with Crippen molar-refractivity contribution in [2.45, 2.75) is 50.4 Å². The van der Waals surface area contributed by atoms with Gasteiger partial charge in [0.2, 0.25) is 5.91 Å². The van der Waals surface area contributed by atoms with E-state index in [9.17, 15) is 4.79 Å². The summed E-state index contributed by atoms with van der Waals surface area (Å²) in [5.74, 6) is -0.263. The van der Waals surface area contributed by atoms with Crippen LogP contribution in [0.25, 0.3) is 0 Å². The number of amides is 1. The van der Waals surface area contributed by atoms with Gasteiger partial charge in [0, 0.05) is 31.3 Å². The van der Waals surface area contributed by atoms with E-state index in [1.165, 1.54) is 11.1 Å². The number of rotatable bonds is 3. The molecular weight excluding hydrogens is 362 g/mol. The van der Waals surface area contributed by atoms with E-state index in [0.717, 1.165) is 32.2 Å². The maximum Gasteiger partial charge on any atom is 0.229 e. The summed E-state index contributed by atoms with van der Waals surface area (Å²) in [7, 11) is 0. The summed E-state index contributed by atoms with van der Waals surface area (Å²) in [5, 5.41) is 0. The predicted octanol–water partition coefficient (Wildman–Crippen LogP) is 4.29. The van der Waals surface area contributed by atoms with Crippen LogP contribution in [-0.4, -0.2) is 36.4 Å². The number of fused-ring (bicyclic) bond motifs is 1. The molecule has 4 heteroatoms. The SMILES string of the molecule is C[C@]12CCC3(C[C@@]1(c1ccccc1)CCN(Cc1ccccc1)C2=O)OCCO3. The number of piperidine rings is 1. The van der Waals surface area contributed by atoms with Gasteiger partial charge in [0.1, 0.15) is 0 Å². The van der Waals surface area contributed by atoms with Crippen LogP contribution in [0, 0.1) is 5.41 Å². The van der Waals surface area contributed by atoms with E-state index in [-0.39, 0.29) is 11.3 Å². The molecule has 1 saturated carbocycles. The van der Waals surface area contributed by atoms with E-state index >= 15 is 0 Å². The van der Waals surface area contributed by atoms with Crippen molar-refractivity contribution in [3.63, 3.8) is 0 Å². The van der Waals surface area contributed by atoms with E-state index in [1.807, 2.05) is 24.3 Å². The van der Waals surface area contributed by atoms with Crippen LogP contribution in [0.2, 0.25) is 0 Å². The average Bonchev–Trinajstić information content (AvgIpc) is 3.21. The van der Waals surface area contributed by atoms with Crippen LogP contribution in [0.15, 0.2) is 60.7 Å². The number of ether oxygens (including phenoxy) is 2. The highest BCUT2D eigenvalue weighted by Gasteiger charge is 2.64. The van der Waals surface area contributed by atoms with Gasteiger partial charge < -0.3 is 14.4 Å². The van der Waals surface area contributed by atoms with Crippen molar-refractivity contribution in [2.24, 2.45) is 5.41 Å². The summed E-state index contributed by atoms with van der Waals surface area (Å²) in [6.45, 7) is 4.92. The molecule has 1 amide bonds. The Bertz CT molecular complexity index is 877. The van der Waals surface area contributed by atoms with Gasteiger partial charge in [-0.25, -0.2) is 0 Å². The molecule has 4 nitrogen and oxygen atoms in total. The molecule has 0 bridgehead atoms. The van der Waals surface area contributed by atoms with Gasteiger partial charge in [0.15, 0.2) is 5.79 Å². The fourth-order valence-corrected chi connectivity index (χ4v) is 5.90. The van der Waals surface area contributed by atoms with Crippen LogP contribution in [0.5, 0.6) is 0 Å². The van der Waals surface area contributed by atoms with Gasteiger partial charge in [-0.3, -0.25) is 4.79 Å². The Labute approximate surface area is 172 Å². The molecule has 152 valence electrons. The third-order valence-corrected chi connectivity index (χ3v) is 7.56. The van der Waals surface area contributed by atoms with Crippen molar-refractivity contribution in [3.8, 4) is 0 Å². The van der Waals surface area contributed by atoms with Gasteiger partial charge in [-0.2, -0.15) is 0 Å². The summed E-state index contributed by atoms with van der Waals surface area (Å²) >= 11 is 0. The first-order valence-corrected chi connectivity index (χ1v) is 10.7. The molecule has 0 unspecified atom stereocenters. The van der Waals surface area contributed by atoms with E-state index < -0.39 is 11.2 Å². The highest BCUT2D eigenvalue weighted by atomic mass is 16.7. The molecule has 2 aliphatic heterocycles. The second kappa shape index (κ2) is 6.96. The Morgan fingerprint density at radius 1 is 0.897 bits per heavy atom.